The first-order chi connectivity index (χ1) is 14.7. The molecule has 0 aromatic carbocycles. The summed E-state index contributed by atoms with van der Waals surface area (Å²) in [4.78, 5) is 28.4. The van der Waals surface area contributed by atoms with Gasteiger partial charge in [-0.1, -0.05) is 13.3 Å². The standard InChI is InChI=1S/C19H36N6O5S/c1-3-5-12-31(28,29)23-14-8-6-10-24(17(14)27)13-16(26)22-15-9-7-11-25(19(20)21)18(15)30-4-2/h14-15,18,23H,3-13H2,1-2H3,(H3,20,21)(H,22,26)/t14-,15-,18?/m0/s1. The number of likely N-dealkylation sites (tertiary alicyclic amines) is 2. The van der Waals surface area contributed by atoms with Crippen LogP contribution in [0.15, 0.2) is 0 Å². The molecular formula is C19H36N6O5S. The highest BCUT2D eigenvalue weighted by molar-refractivity contribution is 7.89. The van der Waals surface area contributed by atoms with Gasteiger partial charge in [0.15, 0.2) is 12.2 Å². The van der Waals surface area contributed by atoms with E-state index in [0.717, 1.165) is 12.8 Å². The van der Waals surface area contributed by atoms with E-state index in [1.807, 2.05) is 13.8 Å². The lowest BCUT2D eigenvalue weighted by Gasteiger charge is -2.41. The van der Waals surface area contributed by atoms with Crippen LogP contribution in [0.1, 0.15) is 52.4 Å². The first-order valence-electron chi connectivity index (χ1n) is 11.0. The molecule has 12 heteroatoms. The van der Waals surface area contributed by atoms with Crippen molar-refractivity contribution < 1.29 is 22.7 Å². The summed E-state index contributed by atoms with van der Waals surface area (Å²) in [5, 5.41) is 10.6. The lowest BCUT2D eigenvalue weighted by molar-refractivity contribution is -0.140. The first-order valence-corrected chi connectivity index (χ1v) is 12.6. The van der Waals surface area contributed by atoms with Crippen LogP contribution in [0.25, 0.3) is 0 Å². The van der Waals surface area contributed by atoms with Gasteiger partial charge in [-0.25, -0.2) is 13.1 Å². The minimum absolute atomic E-state index is 0.0130. The summed E-state index contributed by atoms with van der Waals surface area (Å²) in [6.45, 7) is 4.97. The molecule has 0 bridgehead atoms. The predicted octanol–water partition coefficient (Wildman–Crippen LogP) is -0.466. The Hall–Kier alpha value is -1.92. The average molecular weight is 461 g/mol. The fraction of sp³-hybridized carbons (Fsp3) is 0.842. The number of hydrogen-bond donors (Lipinski definition) is 4. The summed E-state index contributed by atoms with van der Waals surface area (Å²) in [7, 11) is -3.53. The van der Waals surface area contributed by atoms with Gasteiger partial charge in [-0.2, -0.15) is 0 Å². The summed E-state index contributed by atoms with van der Waals surface area (Å²) < 4.78 is 32.6. The second-order valence-electron chi connectivity index (χ2n) is 7.99. The molecule has 11 nitrogen and oxygen atoms in total. The van der Waals surface area contributed by atoms with Crippen LogP contribution in [0.4, 0.5) is 0 Å². The number of nitrogens with one attached hydrogen (secondary N) is 3. The molecule has 2 aliphatic rings. The number of carbonyl (C=O) groups excluding carboxylic acids is 2. The number of carbonyl (C=O) groups is 2. The van der Waals surface area contributed by atoms with Gasteiger partial charge in [-0.05, 0) is 39.0 Å². The zero-order valence-corrected chi connectivity index (χ0v) is 19.2. The number of ether oxygens (including phenoxy) is 1. The minimum atomic E-state index is -3.53. The number of sulfonamides is 1. The Labute approximate surface area is 184 Å². The molecule has 5 N–H and O–H groups in total. The maximum atomic E-state index is 12.8. The molecule has 1 unspecified atom stereocenters. The molecule has 0 saturated carbocycles. The largest absolute Gasteiger partial charge is 0.370 e. The van der Waals surface area contributed by atoms with Crippen LogP contribution in [-0.2, 0) is 24.3 Å². The molecule has 2 rings (SSSR count). The van der Waals surface area contributed by atoms with Gasteiger partial charge in [0.1, 0.15) is 6.04 Å². The summed E-state index contributed by atoms with van der Waals surface area (Å²) in [5.74, 6) is -0.845. The SMILES string of the molecule is CCCCS(=O)(=O)N[C@H]1CCCN(CC(=O)N[C@H]2CCCN(C(=N)N)C2OCC)C1=O. The zero-order chi connectivity index (χ0) is 23.0. The van der Waals surface area contributed by atoms with Gasteiger partial charge >= 0.3 is 0 Å². The Bertz CT molecular complexity index is 746. The van der Waals surface area contributed by atoms with E-state index in [0.29, 0.717) is 45.4 Å². The highest BCUT2D eigenvalue weighted by Gasteiger charge is 2.36. The second kappa shape index (κ2) is 11.6. The quantitative estimate of drug-likeness (QED) is 0.253. The summed E-state index contributed by atoms with van der Waals surface area (Å²) in [6.07, 6.45) is 3.20. The number of hydrogen-bond acceptors (Lipinski definition) is 6. The van der Waals surface area contributed by atoms with Gasteiger partial charge in [0.2, 0.25) is 21.8 Å². The van der Waals surface area contributed by atoms with Gasteiger partial charge in [0.25, 0.3) is 0 Å². The van der Waals surface area contributed by atoms with E-state index in [1.54, 1.807) is 4.90 Å². The van der Waals surface area contributed by atoms with Crippen molar-refractivity contribution in [2.45, 2.75) is 70.7 Å². The van der Waals surface area contributed by atoms with E-state index in [2.05, 4.69) is 10.0 Å². The molecule has 2 amide bonds. The third-order valence-electron chi connectivity index (χ3n) is 5.51. The van der Waals surface area contributed by atoms with E-state index < -0.39 is 22.3 Å². The third-order valence-corrected chi connectivity index (χ3v) is 6.98. The molecule has 2 heterocycles. The molecule has 2 aliphatic heterocycles. The highest BCUT2D eigenvalue weighted by atomic mass is 32.2. The van der Waals surface area contributed by atoms with Crippen LogP contribution in [0, 0.1) is 5.41 Å². The summed E-state index contributed by atoms with van der Waals surface area (Å²) in [6, 6.07) is -1.18. The van der Waals surface area contributed by atoms with E-state index >= 15 is 0 Å². The molecule has 178 valence electrons. The van der Waals surface area contributed by atoms with Crippen LogP contribution in [0.3, 0.4) is 0 Å². The second-order valence-corrected chi connectivity index (χ2v) is 9.86. The topological polar surface area (TPSA) is 158 Å². The molecule has 3 atom stereocenters. The maximum Gasteiger partial charge on any atom is 0.241 e. The van der Waals surface area contributed by atoms with Crippen LogP contribution in [0.5, 0.6) is 0 Å². The third kappa shape index (κ3) is 7.32. The van der Waals surface area contributed by atoms with Crippen molar-refractivity contribution in [1.82, 2.24) is 19.8 Å². The highest BCUT2D eigenvalue weighted by Crippen LogP contribution is 2.19. The van der Waals surface area contributed by atoms with Crippen molar-refractivity contribution in [2.24, 2.45) is 5.73 Å². The Morgan fingerprint density at radius 1 is 1.26 bits per heavy atom. The summed E-state index contributed by atoms with van der Waals surface area (Å²) in [5.41, 5.74) is 5.65. The Kier molecular flexibility index (Phi) is 9.51. The van der Waals surface area contributed by atoms with Gasteiger partial charge < -0.3 is 25.6 Å². The fourth-order valence-electron chi connectivity index (χ4n) is 3.99. The van der Waals surface area contributed by atoms with Crippen LogP contribution >= 0.6 is 0 Å². The van der Waals surface area contributed by atoms with Gasteiger partial charge in [-0.3, -0.25) is 15.0 Å². The van der Waals surface area contributed by atoms with Gasteiger partial charge in [0.05, 0.1) is 18.3 Å². The van der Waals surface area contributed by atoms with E-state index in [4.69, 9.17) is 15.9 Å². The van der Waals surface area contributed by atoms with E-state index in [-0.39, 0.29) is 36.1 Å². The predicted molar refractivity (Wildman–Crippen MR) is 117 cm³/mol. The lowest BCUT2D eigenvalue weighted by atomic mass is 10.0. The van der Waals surface area contributed by atoms with Crippen molar-refractivity contribution >= 4 is 27.8 Å². The molecule has 0 aromatic rings. The maximum absolute atomic E-state index is 12.8. The molecule has 31 heavy (non-hydrogen) atoms. The molecule has 2 fully saturated rings. The molecule has 0 aliphatic carbocycles. The zero-order valence-electron chi connectivity index (χ0n) is 18.4. The van der Waals surface area contributed by atoms with Crippen molar-refractivity contribution in [2.75, 3.05) is 32.0 Å². The van der Waals surface area contributed by atoms with Crippen molar-refractivity contribution in [3.05, 3.63) is 0 Å². The number of guanidine groups is 1. The van der Waals surface area contributed by atoms with Gasteiger partial charge in [-0.15, -0.1) is 0 Å². The van der Waals surface area contributed by atoms with Crippen LogP contribution in [0.2, 0.25) is 0 Å². The van der Waals surface area contributed by atoms with Gasteiger partial charge in [0, 0.05) is 19.7 Å². The normalized spacial score (nSPS) is 24.8. The molecule has 0 radical (unpaired) electrons. The van der Waals surface area contributed by atoms with Crippen molar-refractivity contribution in [3.63, 3.8) is 0 Å². The van der Waals surface area contributed by atoms with Crippen molar-refractivity contribution in [3.8, 4) is 0 Å². The number of nitrogens with two attached hydrogens (primary N) is 1. The molecule has 0 spiro atoms. The first kappa shape index (κ1) is 25.3. The smallest absolute Gasteiger partial charge is 0.241 e. The molecular weight excluding hydrogens is 424 g/mol. The van der Waals surface area contributed by atoms with Crippen LogP contribution in [-0.4, -0.2) is 86.3 Å². The van der Waals surface area contributed by atoms with Crippen LogP contribution < -0.4 is 15.8 Å². The Morgan fingerprint density at radius 3 is 2.61 bits per heavy atom. The lowest BCUT2D eigenvalue weighted by Crippen LogP contribution is -2.61. The Morgan fingerprint density at radius 2 is 1.97 bits per heavy atom. The summed E-state index contributed by atoms with van der Waals surface area (Å²) >= 11 is 0. The fourth-order valence-corrected chi connectivity index (χ4v) is 5.43. The molecule has 0 aromatic heterocycles. The minimum Gasteiger partial charge on any atom is -0.370 e. The number of piperidine rings is 2. The average Bonchev–Trinajstić information content (AvgIpc) is 2.70. The number of nitrogens with zero attached hydrogens (tertiary/aromatic N) is 2. The number of amides is 2. The number of unbranched alkanes of at least 4 members (excludes halogenated alkanes) is 1. The monoisotopic (exact) mass is 460 g/mol. The molecule has 2 saturated heterocycles. The Balaban J connectivity index is 1.96. The van der Waals surface area contributed by atoms with Crippen molar-refractivity contribution in [1.29, 1.82) is 5.41 Å². The number of rotatable bonds is 10. The van der Waals surface area contributed by atoms with E-state index in [1.165, 1.54) is 4.90 Å². The van der Waals surface area contributed by atoms with E-state index in [9.17, 15) is 18.0 Å².